The highest BCUT2D eigenvalue weighted by Gasteiger charge is 2.41. The summed E-state index contributed by atoms with van der Waals surface area (Å²) in [6.45, 7) is 6.48. The minimum Gasteiger partial charge on any atom is -0.469 e. The number of halogens is 3. The van der Waals surface area contributed by atoms with Crippen LogP contribution in [0.1, 0.15) is 26.0 Å². The van der Waals surface area contributed by atoms with Gasteiger partial charge in [-0.05, 0) is 25.5 Å². The predicted molar refractivity (Wildman–Crippen MR) is 91.7 cm³/mol. The van der Waals surface area contributed by atoms with E-state index in [1.807, 2.05) is 24.0 Å². The molecule has 1 fully saturated rings. The topological polar surface area (TPSA) is 44.0 Å². The summed E-state index contributed by atoms with van der Waals surface area (Å²) < 4.78 is 43.9. The Hall–Kier alpha value is -1.70. The lowest BCUT2D eigenvalue weighted by atomic mass is 10.2. The van der Waals surface area contributed by atoms with Crippen molar-refractivity contribution < 1.29 is 17.6 Å². The normalized spacial score (nSPS) is 18.4. The number of hydrogen-bond acceptors (Lipinski definition) is 3. The lowest BCUT2D eigenvalue weighted by Crippen LogP contribution is -2.57. The molecule has 0 radical (unpaired) electrons. The summed E-state index contributed by atoms with van der Waals surface area (Å²) in [5, 5.41) is 3.31. The van der Waals surface area contributed by atoms with E-state index in [2.05, 4.69) is 10.3 Å². The third-order valence-electron chi connectivity index (χ3n) is 4.36. The molecule has 1 N–H and O–H groups in total. The van der Waals surface area contributed by atoms with Gasteiger partial charge in [0.05, 0.1) is 6.26 Å². The van der Waals surface area contributed by atoms with Crippen LogP contribution in [0, 0.1) is 0 Å². The molecule has 1 aliphatic heterocycles. The molecule has 0 bridgehead atoms. The number of rotatable bonds is 6. The third kappa shape index (κ3) is 5.95. The van der Waals surface area contributed by atoms with Gasteiger partial charge in [-0.1, -0.05) is 6.92 Å². The molecule has 142 valence electrons. The van der Waals surface area contributed by atoms with E-state index >= 15 is 0 Å². The van der Waals surface area contributed by atoms with Crippen molar-refractivity contribution in [1.82, 2.24) is 15.1 Å². The van der Waals surface area contributed by atoms with Gasteiger partial charge in [0.15, 0.2) is 5.96 Å². The van der Waals surface area contributed by atoms with Gasteiger partial charge < -0.3 is 14.6 Å². The Labute approximate surface area is 146 Å². The van der Waals surface area contributed by atoms with Crippen molar-refractivity contribution in [3.63, 3.8) is 0 Å². The van der Waals surface area contributed by atoms with E-state index < -0.39 is 12.2 Å². The second kappa shape index (κ2) is 9.12. The molecule has 1 saturated heterocycles. The second-order valence-corrected chi connectivity index (χ2v) is 6.20. The zero-order chi connectivity index (χ0) is 18.3. The first kappa shape index (κ1) is 19.6. The largest absolute Gasteiger partial charge is 0.469 e. The Balaban J connectivity index is 1.86. The SMILES string of the molecule is CCCN=C(NCCc1ccco1)N1CCN(C(C)C(F)(F)F)CC1. The van der Waals surface area contributed by atoms with E-state index in [4.69, 9.17) is 4.42 Å². The van der Waals surface area contributed by atoms with E-state index in [0.29, 0.717) is 39.3 Å². The molecule has 1 atom stereocenters. The van der Waals surface area contributed by atoms with E-state index in [1.54, 1.807) is 6.26 Å². The van der Waals surface area contributed by atoms with Gasteiger partial charge >= 0.3 is 6.18 Å². The number of nitrogens with one attached hydrogen (secondary N) is 1. The molecular formula is C17H27F3N4O. The van der Waals surface area contributed by atoms with Gasteiger partial charge in [-0.2, -0.15) is 13.2 Å². The Morgan fingerprint density at radius 1 is 1.32 bits per heavy atom. The molecule has 1 aromatic rings. The average Bonchev–Trinajstić information content (AvgIpc) is 3.10. The highest BCUT2D eigenvalue weighted by Crippen LogP contribution is 2.25. The molecular weight excluding hydrogens is 333 g/mol. The fraction of sp³-hybridized carbons (Fsp3) is 0.706. The highest BCUT2D eigenvalue weighted by atomic mass is 19.4. The molecule has 25 heavy (non-hydrogen) atoms. The minimum atomic E-state index is -4.18. The summed E-state index contributed by atoms with van der Waals surface area (Å²) in [5.74, 6) is 1.67. The first-order chi connectivity index (χ1) is 11.9. The quantitative estimate of drug-likeness (QED) is 0.626. The molecule has 0 aromatic carbocycles. The van der Waals surface area contributed by atoms with Crippen molar-refractivity contribution in [2.24, 2.45) is 4.99 Å². The van der Waals surface area contributed by atoms with Gasteiger partial charge in [-0.15, -0.1) is 0 Å². The number of furan rings is 1. The third-order valence-corrected chi connectivity index (χ3v) is 4.36. The molecule has 1 unspecified atom stereocenters. The molecule has 0 aliphatic carbocycles. The van der Waals surface area contributed by atoms with Gasteiger partial charge in [0.1, 0.15) is 11.8 Å². The van der Waals surface area contributed by atoms with Gasteiger partial charge in [0.25, 0.3) is 0 Å². The molecule has 5 nitrogen and oxygen atoms in total. The molecule has 0 spiro atoms. The summed E-state index contributed by atoms with van der Waals surface area (Å²) in [6.07, 6.45) is -0.872. The zero-order valence-electron chi connectivity index (χ0n) is 14.9. The van der Waals surface area contributed by atoms with Crippen molar-refractivity contribution in [3.8, 4) is 0 Å². The summed E-state index contributed by atoms with van der Waals surface area (Å²) in [4.78, 5) is 8.09. The highest BCUT2D eigenvalue weighted by molar-refractivity contribution is 5.80. The van der Waals surface area contributed by atoms with Gasteiger partial charge in [0.2, 0.25) is 0 Å². The van der Waals surface area contributed by atoms with Gasteiger partial charge in [-0.25, -0.2) is 0 Å². The smallest absolute Gasteiger partial charge is 0.403 e. The molecule has 1 aromatic heterocycles. The van der Waals surface area contributed by atoms with Crippen LogP contribution < -0.4 is 5.32 Å². The monoisotopic (exact) mass is 360 g/mol. The summed E-state index contributed by atoms with van der Waals surface area (Å²) in [7, 11) is 0. The second-order valence-electron chi connectivity index (χ2n) is 6.20. The van der Waals surface area contributed by atoms with Crippen LogP contribution in [0.15, 0.2) is 27.8 Å². The maximum Gasteiger partial charge on any atom is 0.403 e. The molecule has 2 heterocycles. The van der Waals surface area contributed by atoms with Crippen molar-refractivity contribution in [2.45, 2.75) is 38.9 Å². The van der Waals surface area contributed by atoms with Crippen LogP contribution in [-0.2, 0) is 6.42 Å². The van der Waals surface area contributed by atoms with Crippen molar-refractivity contribution >= 4 is 5.96 Å². The average molecular weight is 360 g/mol. The fourth-order valence-electron chi connectivity index (χ4n) is 2.77. The summed E-state index contributed by atoms with van der Waals surface area (Å²) >= 11 is 0. The Morgan fingerprint density at radius 2 is 2.04 bits per heavy atom. The van der Waals surface area contributed by atoms with Crippen LogP contribution in [0.4, 0.5) is 13.2 Å². The Kier molecular flexibility index (Phi) is 7.16. The summed E-state index contributed by atoms with van der Waals surface area (Å²) in [6, 6.07) is 2.36. The maximum atomic E-state index is 12.9. The molecule has 0 saturated carbocycles. The van der Waals surface area contributed by atoms with Crippen LogP contribution >= 0.6 is 0 Å². The standard InChI is InChI=1S/C17H27F3N4O/c1-3-7-21-16(22-8-6-15-5-4-13-25-15)24-11-9-23(10-12-24)14(2)17(18,19)20/h4-5,13-14H,3,6-12H2,1-2H3,(H,21,22). The first-order valence-corrected chi connectivity index (χ1v) is 8.78. The van der Waals surface area contributed by atoms with Gasteiger partial charge in [-0.3, -0.25) is 9.89 Å². The Bertz CT molecular complexity index is 522. The molecule has 8 heteroatoms. The maximum absolute atomic E-state index is 12.9. The predicted octanol–water partition coefficient (Wildman–Crippen LogP) is 2.75. The van der Waals surface area contributed by atoms with Crippen LogP contribution in [0.5, 0.6) is 0 Å². The van der Waals surface area contributed by atoms with Crippen LogP contribution in [0.3, 0.4) is 0 Å². The van der Waals surface area contributed by atoms with E-state index in [0.717, 1.165) is 24.6 Å². The number of alkyl halides is 3. The minimum absolute atomic E-state index is 0.381. The van der Waals surface area contributed by atoms with Crippen molar-refractivity contribution in [3.05, 3.63) is 24.2 Å². The van der Waals surface area contributed by atoms with E-state index in [-0.39, 0.29) is 0 Å². The number of aliphatic imine (C=N–C) groups is 1. The number of nitrogens with zero attached hydrogens (tertiary/aromatic N) is 3. The van der Waals surface area contributed by atoms with Crippen LogP contribution in [-0.4, -0.2) is 67.2 Å². The van der Waals surface area contributed by atoms with Gasteiger partial charge in [0, 0.05) is 45.7 Å². The molecule has 2 rings (SSSR count). The fourth-order valence-corrected chi connectivity index (χ4v) is 2.77. The lowest BCUT2D eigenvalue weighted by Gasteiger charge is -2.39. The van der Waals surface area contributed by atoms with Crippen LogP contribution in [0.2, 0.25) is 0 Å². The van der Waals surface area contributed by atoms with Crippen molar-refractivity contribution in [1.29, 1.82) is 0 Å². The first-order valence-electron chi connectivity index (χ1n) is 8.78. The number of piperazine rings is 1. The van der Waals surface area contributed by atoms with Crippen molar-refractivity contribution in [2.75, 3.05) is 39.3 Å². The number of guanidine groups is 1. The summed E-state index contributed by atoms with van der Waals surface area (Å²) in [5.41, 5.74) is 0. The number of hydrogen-bond donors (Lipinski definition) is 1. The molecule has 1 aliphatic rings. The Morgan fingerprint density at radius 3 is 2.60 bits per heavy atom. The van der Waals surface area contributed by atoms with Crippen LogP contribution in [0.25, 0.3) is 0 Å². The lowest BCUT2D eigenvalue weighted by molar-refractivity contribution is -0.181. The molecule has 0 amide bonds. The van der Waals surface area contributed by atoms with E-state index in [1.165, 1.54) is 11.8 Å². The zero-order valence-corrected chi connectivity index (χ0v) is 14.9. The van der Waals surface area contributed by atoms with E-state index in [9.17, 15) is 13.2 Å².